The van der Waals surface area contributed by atoms with Crippen molar-refractivity contribution in [3.8, 4) is 11.5 Å². The molecule has 150 valence electrons. The second-order valence-corrected chi connectivity index (χ2v) is 8.15. The number of aromatic nitrogens is 2. The molecule has 3 rings (SSSR count). The van der Waals surface area contributed by atoms with Crippen molar-refractivity contribution in [2.45, 2.75) is 11.3 Å². The highest BCUT2D eigenvalue weighted by molar-refractivity contribution is 8.01. The quantitative estimate of drug-likeness (QED) is 0.230. The Kier molecular flexibility index (Phi) is 8.02. The van der Waals surface area contributed by atoms with Gasteiger partial charge in [0.15, 0.2) is 4.34 Å². The Hall–Kier alpha value is -2.91. The molecule has 7 nitrogen and oxygen atoms in total. The Labute approximate surface area is 177 Å². The molecule has 1 amide bonds. The van der Waals surface area contributed by atoms with Gasteiger partial charge in [-0.25, -0.2) is 5.43 Å². The highest BCUT2D eigenvalue weighted by Crippen LogP contribution is 2.21. The number of rotatable bonds is 10. The van der Waals surface area contributed by atoms with Crippen LogP contribution in [0, 0.1) is 6.92 Å². The number of hydrazone groups is 1. The first-order valence-corrected chi connectivity index (χ1v) is 10.6. The molecule has 1 N–H and O–H groups in total. The topological polar surface area (TPSA) is 85.7 Å². The van der Waals surface area contributed by atoms with Crippen LogP contribution < -0.4 is 14.9 Å². The fraction of sp³-hybridized carbons (Fsp3) is 0.200. The Balaban J connectivity index is 1.34. The van der Waals surface area contributed by atoms with Crippen LogP contribution in [0.15, 0.2) is 64.0 Å². The molecule has 9 heteroatoms. The van der Waals surface area contributed by atoms with Crippen LogP contribution in [-0.2, 0) is 4.79 Å². The Morgan fingerprint density at radius 2 is 1.76 bits per heavy atom. The molecular formula is C20H20N4O3S2. The molecule has 29 heavy (non-hydrogen) atoms. The average molecular weight is 429 g/mol. The van der Waals surface area contributed by atoms with Gasteiger partial charge < -0.3 is 9.47 Å². The predicted octanol–water partition coefficient (Wildman–Crippen LogP) is 3.55. The molecule has 0 saturated carbocycles. The van der Waals surface area contributed by atoms with Gasteiger partial charge in [-0.15, -0.1) is 10.2 Å². The summed E-state index contributed by atoms with van der Waals surface area (Å²) >= 11 is 2.80. The van der Waals surface area contributed by atoms with Crippen molar-refractivity contribution in [3.63, 3.8) is 0 Å². The molecule has 3 aromatic rings. The van der Waals surface area contributed by atoms with Crippen molar-refractivity contribution < 1.29 is 14.3 Å². The summed E-state index contributed by atoms with van der Waals surface area (Å²) in [6.07, 6.45) is 1.58. The number of nitrogens with zero attached hydrogens (tertiary/aromatic N) is 3. The molecule has 1 heterocycles. The predicted molar refractivity (Wildman–Crippen MR) is 115 cm³/mol. The molecule has 0 bridgehead atoms. The van der Waals surface area contributed by atoms with Crippen molar-refractivity contribution in [3.05, 3.63) is 65.2 Å². The second-order valence-electron chi connectivity index (χ2n) is 5.75. The Morgan fingerprint density at radius 1 is 1.07 bits per heavy atom. The van der Waals surface area contributed by atoms with E-state index in [0.717, 1.165) is 26.4 Å². The maximum absolute atomic E-state index is 11.8. The fourth-order valence-electron chi connectivity index (χ4n) is 2.16. The monoisotopic (exact) mass is 428 g/mol. The fourth-order valence-corrected chi connectivity index (χ4v) is 3.77. The highest BCUT2D eigenvalue weighted by atomic mass is 32.2. The van der Waals surface area contributed by atoms with Gasteiger partial charge in [-0.3, -0.25) is 4.79 Å². The van der Waals surface area contributed by atoms with E-state index in [2.05, 4.69) is 20.7 Å². The van der Waals surface area contributed by atoms with Crippen molar-refractivity contribution in [2.75, 3.05) is 19.0 Å². The normalized spacial score (nSPS) is 10.8. The van der Waals surface area contributed by atoms with Gasteiger partial charge in [-0.2, -0.15) is 5.10 Å². The summed E-state index contributed by atoms with van der Waals surface area (Å²) in [5, 5.41) is 12.7. The summed E-state index contributed by atoms with van der Waals surface area (Å²) in [5.41, 5.74) is 3.35. The molecule has 0 fully saturated rings. The number of hydrogen-bond donors (Lipinski definition) is 1. The van der Waals surface area contributed by atoms with E-state index in [4.69, 9.17) is 9.47 Å². The van der Waals surface area contributed by atoms with Crippen LogP contribution in [0.1, 0.15) is 10.6 Å². The summed E-state index contributed by atoms with van der Waals surface area (Å²) in [4.78, 5) is 11.8. The third-order valence-electron chi connectivity index (χ3n) is 3.48. The van der Waals surface area contributed by atoms with Gasteiger partial charge in [0.05, 0.1) is 12.0 Å². The van der Waals surface area contributed by atoms with E-state index in [1.54, 1.807) is 6.21 Å². The molecule has 0 atom stereocenters. The first-order valence-electron chi connectivity index (χ1n) is 8.84. The van der Waals surface area contributed by atoms with Gasteiger partial charge >= 0.3 is 0 Å². The van der Waals surface area contributed by atoms with Crippen molar-refractivity contribution >= 4 is 35.2 Å². The number of thioether (sulfide) groups is 1. The minimum Gasteiger partial charge on any atom is -0.490 e. The van der Waals surface area contributed by atoms with E-state index in [9.17, 15) is 4.79 Å². The number of para-hydroxylation sites is 1. The van der Waals surface area contributed by atoms with Crippen LogP contribution in [0.5, 0.6) is 11.5 Å². The number of carbonyl (C=O) groups is 1. The SMILES string of the molecule is Cc1nnc(SCC(=O)NN=Cc2ccc(OCCOc3ccccc3)cc2)s1. The smallest absolute Gasteiger partial charge is 0.250 e. The minimum absolute atomic E-state index is 0.197. The average Bonchev–Trinajstić information content (AvgIpc) is 3.17. The lowest BCUT2D eigenvalue weighted by Crippen LogP contribution is -2.19. The van der Waals surface area contributed by atoms with Crippen molar-refractivity contribution in [1.29, 1.82) is 0 Å². The van der Waals surface area contributed by atoms with Crippen LogP contribution in [0.25, 0.3) is 0 Å². The maximum Gasteiger partial charge on any atom is 0.250 e. The zero-order valence-electron chi connectivity index (χ0n) is 15.8. The van der Waals surface area contributed by atoms with E-state index in [1.807, 2.05) is 61.5 Å². The standard InChI is InChI=1S/C20H20N4O3S2/c1-15-22-24-20(29-15)28-14-19(25)23-21-13-16-7-9-18(10-8-16)27-12-11-26-17-5-3-2-4-6-17/h2-10,13H,11-12,14H2,1H3,(H,23,25). The molecular weight excluding hydrogens is 408 g/mol. The number of ether oxygens (including phenoxy) is 2. The Bertz CT molecular complexity index is 930. The van der Waals surface area contributed by atoms with Gasteiger partial charge in [-0.05, 0) is 48.9 Å². The highest BCUT2D eigenvalue weighted by Gasteiger charge is 2.05. The summed E-state index contributed by atoms with van der Waals surface area (Å²) in [7, 11) is 0. The van der Waals surface area contributed by atoms with Crippen LogP contribution in [0.4, 0.5) is 0 Å². The lowest BCUT2D eigenvalue weighted by molar-refractivity contribution is -0.118. The molecule has 0 unspecified atom stereocenters. The number of nitrogens with one attached hydrogen (secondary N) is 1. The van der Waals surface area contributed by atoms with Crippen molar-refractivity contribution in [2.24, 2.45) is 5.10 Å². The number of benzene rings is 2. The molecule has 1 aromatic heterocycles. The van der Waals surface area contributed by atoms with Gasteiger partial charge in [0.25, 0.3) is 5.91 Å². The van der Waals surface area contributed by atoms with E-state index in [1.165, 1.54) is 23.1 Å². The molecule has 0 aliphatic carbocycles. The lowest BCUT2D eigenvalue weighted by Gasteiger charge is -2.08. The molecule has 0 spiro atoms. The molecule has 0 radical (unpaired) electrons. The first kappa shape index (κ1) is 20.8. The largest absolute Gasteiger partial charge is 0.490 e. The lowest BCUT2D eigenvalue weighted by atomic mass is 10.2. The third-order valence-corrected chi connectivity index (χ3v) is 5.45. The maximum atomic E-state index is 11.8. The number of carbonyl (C=O) groups excluding carboxylic acids is 1. The molecule has 0 aliphatic rings. The Morgan fingerprint density at radius 3 is 2.41 bits per heavy atom. The minimum atomic E-state index is -0.197. The number of amides is 1. The third kappa shape index (κ3) is 7.55. The van der Waals surface area contributed by atoms with Crippen LogP contribution in [-0.4, -0.2) is 41.3 Å². The van der Waals surface area contributed by atoms with E-state index in [-0.39, 0.29) is 11.7 Å². The summed E-state index contributed by atoms with van der Waals surface area (Å²) in [6, 6.07) is 17.0. The summed E-state index contributed by atoms with van der Waals surface area (Å²) in [6.45, 7) is 2.79. The summed E-state index contributed by atoms with van der Waals surface area (Å²) in [5.74, 6) is 1.61. The molecule has 0 saturated heterocycles. The van der Waals surface area contributed by atoms with Crippen LogP contribution in [0.3, 0.4) is 0 Å². The molecule has 0 aliphatic heterocycles. The van der Waals surface area contributed by atoms with Crippen LogP contribution >= 0.6 is 23.1 Å². The van der Waals surface area contributed by atoms with Gasteiger partial charge in [-0.1, -0.05) is 41.3 Å². The summed E-state index contributed by atoms with van der Waals surface area (Å²) < 4.78 is 12.0. The number of aryl methyl sites for hydroxylation is 1. The zero-order chi connectivity index (χ0) is 20.3. The van der Waals surface area contributed by atoms with Gasteiger partial charge in [0.2, 0.25) is 0 Å². The van der Waals surface area contributed by atoms with Gasteiger partial charge in [0, 0.05) is 0 Å². The van der Waals surface area contributed by atoms with E-state index < -0.39 is 0 Å². The van der Waals surface area contributed by atoms with Crippen LogP contribution in [0.2, 0.25) is 0 Å². The van der Waals surface area contributed by atoms with Crippen molar-refractivity contribution in [1.82, 2.24) is 15.6 Å². The zero-order valence-corrected chi connectivity index (χ0v) is 17.4. The first-order chi connectivity index (χ1) is 14.2. The number of hydrogen-bond acceptors (Lipinski definition) is 8. The van der Waals surface area contributed by atoms with E-state index in [0.29, 0.717) is 13.2 Å². The second kappa shape index (κ2) is 11.2. The molecule has 2 aromatic carbocycles. The van der Waals surface area contributed by atoms with E-state index >= 15 is 0 Å². The van der Waals surface area contributed by atoms with Gasteiger partial charge in [0.1, 0.15) is 29.7 Å².